The number of halogens is 1. The molecule has 0 aliphatic heterocycles. The molecule has 0 saturated carbocycles. The van der Waals surface area contributed by atoms with Crippen molar-refractivity contribution >= 4 is 17.4 Å². The number of hydrogen-bond acceptors (Lipinski definition) is 3. The molecule has 0 aliphatic rings. The van der Waals surface area contributed by atoms with Gasteiger partial charge in [0.25, 0.3) is 5.56 Å². The second kappa shape index (κ2) is 6.78. The van der Waals surface area contributed by atoms with Crippen LogP contribution in [0.1, 0.15) is 27.2 Å². The quantitative estimate of drug-likeness (QED) is 0.746. The summed E-state index contributed by atoms with van der Waals surface area (Å²) in [7, 11) is 1.88. The Labute approximate surface area is 114 Å². The second-order valence-electron chi connectivity index (χ2n) is 5.09. The number of aromatic nitrogens is 2. The molecule has 0 spiro atoms. The summed E-state index contributed by atoms with van der Waals surface area (Å²) in [6.45, 7) is 7.58. The largest absolute Gasteiger partial charge is 0.355 e. The topological polar surface area (TPSA) is 38.1 Å². The zero-order valence-corrected chi connectivity index (χ0v) is 12.3. The summed E-state index contributed by atoms with van der Waals surface area (Å²) in [6.07, 6.45) is 4.25. The minimum atomic E-state index is -0.0316. The summed E-state index contributed by atoms with van der Waals surface area (Å²) < 4.78 is 1.72. The Bertz CT molecular complexity index is 428. The van der Waals surface area contributed by atoms with Crippen LogP contribution in [-0.4, -0.2) is 28.5 Å². The Morgan fingerprint density at radius 1 is 1.44 bits per heavy atom. The highest BCUT2D eigenvalue weighted by Crippen LogP contribution is 2.06. The van der Waals surface area contributed by atoms with Gasteiger partial charge in [0.1, 0.15) is 0 Å². The van der Waals surface area contributed by atoms with Gasteiger partial charge in [-0.1, -0.05) is 13.8 Å². The van der Waals surface area contributed by atoms with Gasteiger partial charge in [-0.25, -0.2) is 4.98 Å². The van der Waals surface area contributed by atoms with E-state index in [1.807, 2.05) is 18.9 Å². The van der Waals surface area contributed by atoms with Crippen molar-refractivity contribution in [1.82, 2.24) is 9.55 Å². The monoisotopic (exact) mass is 271 g/mol. The first-order valence-electron chi connectivity index (χ1n) is 6.32. The first-order valence-corrected chi connectivity index (χ1v) is 6.76. The van der Waals surface area contributed by atoms with E-state index in [2.05, 4.69) is 18.8 Å². The molecule has 0 bridgehead atoms. The fourth-order valence-electron chi connectivity index (χ4n) is 1.71. The average Bonchev–Trinajstić information content (AvgIpc) is 2.28. The maximum atomic E-state index is 12.2. The molecule has 0 aliphatic carbocycles. The smallest absolute Gasteiger partial charge is 0.293 e. The van der Waals surface area contributed by atoms with Crippen LogP contribution in [-0.2, 0) is 6.54 Å². The van der Waals surface area contributed by atoms with Gasteiger partial charge in [0.2, 0.25) is 0 Å². The summed E-state index contributed by atoms with van der Waals surface area (Å²) in [5.74, 6) is 0.932. The van der Waals surface area contributed by atoms with Gasteiger partial charge in [0.05, 0.1) is 0 Å². The Kier molecular flexibility index (Phi) is 5.66. The van der Waals surface area contributed by atoms with E-state index in [9.17, 15) is 4.79 Å². The van der Waals surface area contributed by atoms with E-state index in [0.717, 1.165) is 13.0 Å². The predicted molar refractivity (Wildman–Crippen MR) is 76.5 cm³/mol. The molecule has 0 amide bonds. The van der Waals surface area contributed by atoms with Gasteiger partial charge in [0.15, 0.2) is 5.82 Å². The summed E-state index contributed by atoms with van der Waals surface area (Å²) in [5, 5.41) is 0.106. The molecule has 0 aromatic carbocycles. The van der Waals surface area contributed by atoms with Crippen molar-refractivity contribution in [3.05, 3.63) is 22.7 Å². The Balaban J connectivity index is 2.86. The number of rotatable bonds is 6. The molecule has 0 radical (unpaired) electrons. The van der Waals surface area contributed by atoms with Gasteiger partial charge < -0.3 is 9.47 Å². The van der Waals surface area contributed by atoms with Crippen LogP contribution in [0, 0.1) is 5.92 Å². The highest BCUT2D eigenvalue weighted by atomic mass is 35.5. The molecule has 1 rings (SSSR count). The van der Waals surface area contributed by atoms with E-state index >= 15 is 0 Å². The molecule has 0 saturated heterocycles. The van der Waals surface area contributed by atoms with Crippen LogP contribution >= 0.6 is 11.6 Å². The normalized spacial score (nSPS) is 12.8. The van der Waals surface area contributed by atoms with Crippen LogP contribution in [0.15, 0.2) is 17.2 Å². The number of hydrogen-bond donors (Lipinski definition) is 0. The van der Waals surface area contributed by atoms with Crippen LogP contribution in [0.2, 0.25) is 0 Å². The van der Waals surface area contributed by atoms with Crippen molar-refractivity contribution in [2.45, 2.75) is 39.1 Å². The highest BCUT2D eigenvalue weighted by molar-refractivity contribution is 6.20. The Hall–Kier alpha value is -1.03. The number of nitrogens with zero attached hydrogens (tertiary/aromatic N) is 3. The lowest BCUT2D eigenvalue weighted by atomic mass is 10.2. The molecular weight excluding hydrogens is 250 g/mol. The van der Waals surface area contributed by atoms with Crippen molar-refractivity contribution in [1.29, 1.82) is 0 Å². The SMILES string of the molecule is CC(C)Cn1ccnc(N(C)CCC(C)Cl)c1=O. The zero-order valence-electron chi connectivity index (χ0n) is 11.6. The van der Waals surface area contributed by atoms with Crippen molar-refractivity contribution < 1.29 is 0 Å². The lowest BCUT2D eigenvalue weighted by Gasteiger charge is -2.19. The van der Waals surface area contributed by atoms with E-state index in [4.69, 9.17) is 11.6 Å². The number of alkyl halides is 1. The lowest BCUT2D eigenvalue weighted by Crippen LogP contribution is -2.32. The van der Waals surface area contributed by atoms with Gasteiger partial charge in [-0.15, -0.1) is 11.6 Å². The third-order valence-corrected chi connectivity index (χ3v) is 2.90. The van der Waals surface area contributed by atoms with Crippen LogP contribution in [0.5, 0.6) is 0 Å². The van der Waals surface area contributed by atoms with E-state index in [0.29, 0.717) is 18.3 Å². The maximum absolute atomic E-state index is 12.2. The third kappa shape index (κ3) is 4.33. The maximum Gasteiger partial charge on any atom is 0.293 e. The summed E-state index contributed by atoms with van der Waals surface area (Å²) in [5.41, 5.74) is -0.0316. The lowest BCUT2D eigenvalue weighted by molar-refractivity contribution is 0.508. The molecule has 1 aromatic rings. The van der Waals surface area contributed by atoms with E-state index < -0.39 is 0 Å². The van der Waals surface area contributed by atoms with Crippen molar-refractivity contribution in [2.75, 3.05) is 18.5 Å². The van der Waals surface area contributed by atoms with Gasteiger partial charge in [0, 0.05) is 37.9 Å². The first-order chi connectivity index (χ1) is 8.41. The van der Waals surface area contributed by atoms with E-state index in [-0.39, 0.29) is 10.9 Å². The van der Waals surface area contributed by atoms with Crippen LogP contribution in [0.4, 0.5) is 5.82 Å². The van der Waals surface area contributed by atoms with Gasteiger partial charge in [-0.2, -0.15) is 0 Å². The molecule has 1 unspecified atom stereocenters. The summed E-state index contributed by atoms with van der Waals surface area (Å²) in [4.78, 5) is 18.3. The molecule has 1 aromatic heterocycles. The third-order valence-electron chi connectivity index (χ3n) is 2.68. The second-order valence-corrected chi connectivity index (χ2v) is 5.84. The van der Waals surface area contributed by atoms with Gasteiger partial charge in [-0.05, 0) is 19.3 Å². The average molecular weight is 272 g/mol. The van der Waals surface area contributed by atoms with Gasteiger partial charge in [-0.3, -0.25) is 4.79 Å². The Morgan fingerprint density at radius 2 is 2.11 bits per heavy atom. The fraction of sp³-hybridized carbons (Fsp3) is 0.692. The predicted octanol–water partition coefficient (Wildman–Crippen LogP) is 2.35. The zero-order chi connectivity index (χ0) is 13.7. The van der Waals surface area contributed by atoms with Crippen molar-refractivity contribution in [3.63, 3.8) is 0 Å². The molecule has 18 heavy (non-hydrogen) atoms. The standard InChI is InChI=1S/C13H22ClN3O/c1-10(2)9-17-8-6-15-12(13(17)18)16(4)7-5-11(3)14/h6,8,10-11H,5,7,9H2,1-4H3. The first kappa shape index (κ1) is 15.0. The molecule has 0 fully saturated rings. The fourth-order valence-corrected chi connectivity index (χ4v) is 1.81. The van der Waals surface area contributed by atoms with Crippen LogP contribution < -0.4 is 10.5 Å². The molecule has 0 N–H and O–H groups in total. The van der Waals surface area contributed by atoms with Crippen molar-refractivity contribution in [3.8, 4) is 0 Å². The number of anilines is 1. The van der Waals surface area contributed by atoms with E-state index in [1.165, 1.54) is 0 Å². The van der Waals surface area contributed by atoms with E-state index in [1.54, 1.807) is 17.0 Å². The minimum absolute atomic E-state index is 0.0316. The molecule has 102 valence electrons. The van der Waals surface area contributed by atoms with Crippen molar-refractivity contribution in [2.24, 2.45) is 5.92 Å². The molecule has 4 nitrogen and oxygen atoms in total. The molecular formula is C13H22ClN3O. The highest BCUT2D eigenvalue weighted by Gasteiger charge is 2.11. The van der Waals surface area contributed by atoms with Gasteiger partial charge >= 0.3 is 0 Å². The molecule has 1 heterocycles. The molecule has 1 atom stereocenters. The Morgan fingerprint density at radius 3 is 2.67 bits per heavy atom. The van der Waals surface area contributed by atoms with Crippen LogP contribution in [0.25, 0.3) is 0 Å². The minimum Gasteiger partial charge on any atom is -0.355 e. The summed E-state index contributed by atoms with van der Waals surface area (Å²) >= 11 is 5.92. The summed E-state index contributed by atoms with van der Waals surface area (Å²) in [6, 6.07) is 0. The molecule has 5 heteroatoms. The van der Waals surface area contributed by atoms with Crippen LogP contribution in [0.3, 0.4) is 0 Å².